The van der Waals surface area contributed by atoms with Gasteiger partial charge < -0.3 is 15.2 Å². The molecule has 4 nitrogen and oxygen atoms in total. The minimum atomic E-state index is -0.0809. The molecule has 0 unspecified atom stereocenters. The first kappa shape index (κ1) is 15.2. The van der Waals surface area contributed by atoms with E-state index in [1.54, 1.807) is 13.3 Å². The number of methoxy groups -OCH3 is 1. The van der Waals surface area contributed by atoms with Crippen molar-refractivity contribution in [3.8, 4) is 17.4 Å². The van der Waals surface area contributed by atoms with Crippen LogP contribution in [-0.2, 0) is 5.41 Å². The van der Waals surface area contributed by atoms with Gasteiger partial charge in [0.25, 0.3) is 0 Å². The Hall–Kier alpha value is -2.23. The lowest BCUT2D eigenvalue weighted by molar-refractivity contribution is 0.405. The molecule has 2 aromatic rings. The second-order valence-corrected chi connectivity index (χ2v) is 6.06. The van der Waals surface area contributed by atoms with Crippen LogP contribution in [0.25, 0.3) is 0 Å². The van der Waals surface area contributed by atoms with Crippen molar-refractivity contribution in [1.29, 1.82) is 0 Å². The van der Waals surface area contributed by atoms with E-state index in [1.165, 1.54) is 0 Å². The van der Waals surface area contributed by atoms with Gasteiger partial charge in [0, 0.05) is 11.8 Å². The largest absolute Gasteiger partial charge is 0.497 e. The van der Waals surface area contributed by atoms with Crippen LogP contribution in [0.4, 0.5) is 5.69 Å². The van der Waals surface area contributed by atoms with E-state index in [-0.39, 0.29) is 5.41 Å². The molecule has 112 valence electrons. The first-order valence-electron chi connectivity index (χ1n) is 6.90. The molecule has 21 heavy (non-hydrogen) atoms. The van der Waals surface area contributed by atoms with Crippen LogP contribution in [0.3, 0.4) is 0 Å². The Morgan fingerprint density at radius 2 is 1.86 bits per heavy atom. The molecule has 0 spiro atoms. The summed E-state index contributed by atoms with van der Waals surface area (Å²) in [6.45, 7) is 8.31. The van der Waals surface area contributed by atoms with E-state index in [4.69, 9.17) is 15.2 Å². The van der Waals surface area contributed by atoms with E-state index in [1.807, 2.05) is 31.2 Å². The van der Waals surface area contributed by atoms with Crippen LogP contribution in [0, 0.1) is 6.92 Å². The molecule has 1 aromatic carbocycles. The number of benzene rings is 1. The van der Waals surface area contributed by atoms with Crippen molar-refractivity contribution in [2.75, 3.05) is 12.8 Å². The van der Waals surface area contributed by atoms with Crippen molar-refractivity contribution < 1.29 is 9.47 Å². The van der Waals surface area contributed by atoms with Gasteiger partial charge in [0.15, 0.2) is 0 Å². The first-order valence-corrected chi connectivity index (χ1v) is 6.90. The number of anilines is 1. The number of aromatic nitrogens is 1. The predicted molar refractivity (Wildman–Crippen MR) is 85.2 cm³/mol. The van der Waals surface area contributed by atoms with Gasteiger partial charge in [-0.05, 0) is 42.2 Å². The lowest BCUT2D eigenvalue weighted by Gasteiger charge is -2.23. The van der Waals surface area contributed by atoms with Crippen LogP contribution < -0.4 is 15.2 Å². The first-order chi connectivity index (χ1) is 9.82. The van der Waals surface area contributed by atoms with Gasteiger partial charge in [0.1, 0.15) is 11.5 Å². The molecule has 0 fully saturated rings. The second kappa shape index (κ2) is 5.64. The monoisotopic (exact) mass is 286 g/mol. The highest BCUT2D eigenvalue weighted by Crippen LogP contribution is 2.37. The van der Waals surface area contributed by atoms with Crippen molar-refractivity contribution in [1.82, 2.24) is 4.98 Å². The zero-order chi connectivity index (χ0) is 15.6. The number of nitrogen functional groups attached to an aromatic ring is 1. The van der Waals surface area contributed by atoms with Crippen LogP contribution in [0.5, 0.6) is 17.4 Å². The molecular formula is C17H22N2O2. The number of hydrogen-bond acceptors (Lipinski definition) is 4. The maximum Gasteiger partial charge on any atom is 0.242 e. The summed E-state index contributed by atoms with van der Waals surface area (Å²) >= 11 is 0. The van der Waals surface area contributed by atoms with Crippen LogP contribution in [-0.4, -0.2) is 12.1 Å². The number of nitrogens with two attached hydrogens (primary N) is 1. The Balaban J connectivity index is 2.46. The van der Waals surface area contributed by atoms with Crippen molar-refractivity contribution in [3.05, 3.63) is 41.6 Å². The number of ether oxygens (including phenoxy) is 2. The van der Waals surface area contributed by atoms with Crippen LogP contribution >= 0.6 is 0 Å². The zero-order valence-electron chi connectivity index (χ0n) is 13.2. The van der Waals surface area contributed by atoms with Gasteiger partial charge in [0.2, 0.25) is 5.88 Å². The summed E-state index contributed by atoms with van der Waals surface area (Å²) in [5.41, 5.74) is 8.51. The zero-order valence-corrected chi connectivity index (χ0v) is 13.2. The number of nitrogens with zero attached hydrogens (tertiary/aromatic N) is 1. The summed E-state index contributed by atoms with van der Waals surface area (Å²) in [6, 6.07) is 7.61. The molecule has 1 aromatic heterocycles. The Morgan fingerprint density at radius 3 is 2.48 bits per heavy atom. The fourth-order valence-electron chi connectivity index (χ4n) is 2.04. The summed E-state index contributed by atoms with van der Waals surface area (Å²) < 4.78 is 11.3. The molecule has 0 saturated heterocycles. The van der Waals surface area contributed by atoms with E-state index in [2.05, 4.69) is 25.8 Å². The molecule has 4 heteroatoms. The van der Waals surface area contributed by atoms with Gasteiger partial charge in [0.05, 0.1) is 12.8 Å². The average Bonchev–Trinajstić information content (AvgIpc) is 2.43. The predicted octanol–water partition coefficient (Wildman–Crippen LogP) is 4.07. The maximum atomic E-state index is 6.03. The highest BCUT2D eigenvalue weighted by atomic mass is 16.5. The van der Waals surface area contributed by atoms with E-state index in [0.29, 0.717) is 11.6 Å². The fourth-order valence-corrected chi connectivity index (χ4v) is 2.04. The molecule has 2 rings (SSSR count). The molecule has 0 aliphatic heterocycles. The topological polar surface area (TPSA) is 57.4 Å². The van der Waals surface area contributed by atoms with Gasteiger partial charge in [-0.1, -0.05) is 20.8 Å². The maximum absolute atomic E-state index is 6.03. The minimum absolute atomic E-state index is 0.0809. The highest BCUT2D eigenvalue weighted by Gasteiger charge is 2.21. The second-order valence-electron chi connectivity index (χ2n) is 6.06. The van der Waals surface area contributed by atoms with Crippen molar-refractivity contribution in [2.24, 2.45) is 0 Å². The van der Waals surface area contributed by atoms with Crippen molar-refractivity contribution >= 4 is 5.69 Å². The van der Waals surface area contributed by atoms with Crippen molar-refractivity contribution in [3.63, 3.8) is 0 Å². The molecule has 0 atom stereocenters. The third-order valence-electron chi connectivity index (χ3n) is 3.37. The van der Waals surface area contributed by atoms with E-state index in [9.17, 15) is 0 Å². The number of hydrogen-bond donors (Lipinski definition) is 1. The molecule has 0 bridgehead atoms. The number of pyridine rings is 1. The lowest BCUT2D eigenvalue weighted by atomic mass is 9.86. The minimum Gasteiger partial charge on any atom is -0.497 e. The fraction of sp³-hybridized carbons (Fsp3) is 0.353. The number of aryl methyl sites for hydroxylation is 1. The Labute approximate surface area is 125 Å². The number of rotatable bonds is 3. The summed E-state index contributed by atoms with van der Waals surface area (Å²) in [4.78, 5) is 4.22. The van der Waals surface area contributed by atoms with Crippen LogP contribution in [0.15, 0.2) is 30.5 Å². The molecular weight excluding hydrogens is 264 g/mol. The molecule has 0 aliphatic rings. The van der Waals surface area contributed by atoms with Gasteiger partial charge in [-0.3, -0.25) is 0 Å². The Bertz CT molecular complexity index is 646. The molecule has 0 amide bonds. The molecule has 0 saturated carbocycles. The van der Waals surface area contributed by atoms with E-state index < -0.39 is 0 Å². The van der Waals surface area contributed by atoms with Gasteiger partial charge in [-0.2, -0.15) is 0 Å². The third-order valence-corrected chi connectivity index (χ3v) is 3.37. The smallest absolute Gasteiger partial charge is 0.242 e. The average molecular weight is 286 g/mol. The standard InChI is InChI=1S/C17H22N2O2/c1-11-8-9-19-16(15(11)18)21-14-7-6-12(20-5)10-13(14)17(2,3)4/h6-10H,18H2,1-5H3. The van der Waals surface area contributed by atoms with Gasteiger partial charge in [-0.25, -0.2) is 4.98 Å². The van der Waals surface area contributed by atoms with Gasteiger partial charge in [-0.15, -0.1) is 0 Å². The Morgan fingerprint density at radius 1 is 1.14 bits per heavy atom. The molecule has 1 heterocycles. The summed E-state index contributed by atoms with van der Waals surface area (Å²) in [6.07, 6.45) is 1.70. The quantitative estimate of drug-likeness (QED) is 0.924. The van der Waals surface area contributed by atoms with E-state index >= 15 is 0 Å². The summed E-state index contributed by atoms with van der Waals surface area (Å²) in [5, 5.41) is 0. The highest BCUT2D eigenvalue weighted by molar-refractivity contribution is 5.56. The van der Waals surface area contributed by atoms with E-state index in [0.717, 1.165) is 22.6 Å². The van der Waals surface area contributed by atoms with Crippen molar-refractivity contribution in [2.45, 2.75) is 33.1 Å². The van der Waals surface area contributed by atoms with Crippen LogP contribution in [0.1, 0.15) is 31.9 Å². The summed E-state index contributed by atoms with van der Waals surface area (Å²) in [5.74, 6) is 1.98. The molecule has 0 radical (unpaired) electrons. The third kappa shape index (κ3) is 3.27. The summed E-state index contributed by atoms with van der Waals surface area (Å²) in [7, 11) is 1.66. The molecule has 0 aliphatic carbocycles. The SMILES string of the molecule is COc1ccc(Oc2nccc(C)c2N)c(C(C)(C)C)c1. The van der Waals surface area contributed by atoms with Gasteiger partial charge >= 0.3 is 0 Å². The molecule has 2 N–H and O–H groups in total. The lowest BCUT2D eigenvalue weighted by Crippen LogP contribution is -2.13. The van der Waals surface area contributed by atoms with Crippen LogP contribution in [0.2, 0.25) is 0 Å². The Kier molecular flexibility index (Phi) is 4.07. The normalized spacial score (nSPS) is 11.3.